The number of methoxy groups -OCH3 is 1. The highest BCUT2D eigenvalue weighted by atomic mass is 16.6. The Morgan fingerprint density at radius 1 is 0.574 bits per heavy atom. The summed E-state index contributed by atoms with van der Waals surface area (Å²) in [5.41, 5.74) is 3.73. The summed E-state index contributed by atoms with van der Waals surface area (Å²) in [6, 6.07) is 6.87. The summed E-state index contributed by atoms with van der Waals surface area (Å²) < 4.78 is 48.8. The lowest BCUT2D eigenvalue weighted by Crippen LogP contribution is -2.41. The average molecular weight is 869 g/mol. The molecule has 5 atom stereocenters. The van der Waals surface area contributed by atoms with E-state index >= 15 is 0 Å². The first-order valence-electron chi connectivity index (χ1n) is 23.8. The van der Waals surface area contributed by atoms with Crippen LogP contribution in [-0.4, -0.2) is 113 Å². The molecule has 4 rings (SSSR count). The summed E-state index contributed by atoms with van der Waals surface area (Å²) in [6.07, 6.45) is 12.7. The summed E-state index contributed by atoms with van der Waals surface area (Å²) in [5, 5.41) is 0. The van der Waals surface area contributed by atoms with Crippen molar-refractivity contribution in [1.29, 1.82) is 0 Å². The first kappa shape index (κ1) is 59.7. The summed E-state index contributed by atoms with van der Waals surface area (Å²) in [5.74, 6) is 6.63. The zero-order valence-corrected chi connectivity index (χ0v) is 39.8. The Morgan fingerprint density at radius 2 is 1.03 bits per heavy atom. The van der Waals surface area contributed by atoms with Crippen LogP contribution in [0.1, 0.15) is 152 Å². The van der Waals surface area contributed by atoms with E-state index in [0.717, 1.165) is 107 Å². The molecular formula is C52H100O9. The Hall–Kier alpha value is -1.30. The van der Waals surface area contributed by atoms with Crippen LogP contribution in [0.3, 0.4) is 0 Å². The van der Waals surface area contributed by atoms with E-state index in [9.17, 15) is 0 Å². The fraction of sp³-hybridized carbons (Fsp3) is 0.885. The molecule has 0 unspecified atom stereocenters. The Labute approximate surface area is 377 Å². The van der Waals surface area contributed by atoms with Crippen molar-refractivity contribution >= 4 is 0 Å². The van der Waals surface area contributed by atoms with Gasteiger partial charge in [0.25, 0.3) is 0 Å². The molecule has 61 heavy (non-hydrogen) atoms. The third-order valence-electron chi connectivity index (χ3n) is 12.5. The van der Waals surface area contributed by atoms with E-state index in [0.29, 0.717) is 77.4 Å². The fourth-order valence-electron chi connectivity index (χ4n) is 8.56. The van der Waals surface area contributed by atoms with E-state index in [4.69, 9.17) is 42.6 Å². The Kier molecular flexibility index (Phi) is 36.2. The first-order chi connectivity index (χ1) is 28.5. The number of benzene rings is 1. The van der Waals surface area contributed by atoms with Gasteiger partial charge < -0.3 is 42.6 Å². The molecule has 9 nitrogen and oxygen atoms in total. The highest BCUT2D eigenvalue weighted by Gasteiger charge is 2.53. The van der Waals surface area contributed by atoms with Gasteiger partial charge in [-0.3, -0.25) is 0 Å². The van der Waals surface area contributed by atoms with E-state index in [1.807, 2.05) is 0 Å². The molecule has 0 saturated heterocycles. The second-order valence-electron chi connectivity index (χ2n) is 18.5. The van der Waals surface area contributed by atoms with Gasteiger partial charge in [0.15, 0.2) is 0 Å². The molecular weight excluding hydrogens is 769 g/mol. The van der Waals surface area contributed by atoms with Crippen LogP contribution in [0.15, 0.2) is 18.2 Å². The van der Waals surface area contributed by atoms with Gasteiger partial charge in [0.1, 0.15) is 12.4 Å². The molecule has 0 N–H and O–H groups in total. The molecule has 0 heterocycles. The summed E-state index contributed by atoms with van der Waals surface area (Å²) in [4.78, 5) is 0. The maximum Gasteiger partial charge on any atom is 0.119 e. The van der Waals surface area contributed by atoms with Crippen LogP contribution in [0.2, 0.25) is 0 Å². The molecule has 1 aromatic rings. The minimum Gasteiger partial charge on any atom is -0.491 e. The van der Waals surface area contributed by atoms with Crippen LogP contribution in [0.25, 0.3) is 0 Å². The Morgan fingerprint density at radius 3 is 1.51 bits per heavy atom. The summed E-state index contributed by atoms with van der Waals surface area (Å²) in [6.45, 7) is 31.6. The number of rotatable bonds is 30. The van der Waals surface area contributed by atoms with Gasteiger partial charge in [-0.1, -0.05) is 83.2 Å². The van der Waals surface area contributed by atoms with Gasteiger partial charge in [0.05, 0.1) is 72.7 Å². The molecule has 3 aliphatic carbocycles. The third kappa shape index (κ3) is 25.7. The zero-order chi connectivity index (χ0) is 43.1. The fourth-order valence-corrected chi connectivity index (χ4v) is 8.56. The molecule has 0 aromatic heterocycles. The lowest BCUT2D eigenvalue weighted by molar-refractivity contribution is 0.00787. The molecule has 0 amide bonds. The van der Waals surface area contributed by atoms with E-state index in [-0.39, 0.29) is 14.9 Å². The van der Waals surface area contributed by atoms with Crippen molar-refractivity contribution < 1.29 is 42.6 Å². The molecule has 2 saturated carbocycles. The lowest BCUT2D eigenvalue weighted by Gasteiger charge is -2.50. The smallest absolute Gasteiger partial charge is 0.119 e. The first-order valence-corrected chi connectivity index (χ1v) is 23.8. The minimum absolute atomic E-state index is 0. The van der Waals surface area contributed by atoms with E-state index in [1.54, 1.807) is 12.7 Å². The standard InChI is InChI=1S/C30H48O4.C10H22O3.C10H22O2.2CH4/c1-22(2)12-14-31-15-16-32-17-18-33-19-20-34-25-7-9-26-24(21-25)6-8-28-27(26)11-13-30(4)23(3)5-10-29(28)30;1-10(2)4-5-12-8-9-13-7-6-11-3;1-4-6-11-8-9-12-7-5-10(2)3;;/h7,9,21-23,27-29H,5-6,8,10-20H2,1-4H3;10H,4-9H2,1-3H3;10H,4-9H2,1-3H3;2*1H4/t23-,27+,28+,29-,30+;;;;/m0..../s1. The molecule has 3 aliphatic rings. The number of hydrogen-bond donors (Lipinski definition) is 0. The van der Waals surface area contributed by atoms with Gasteiger partial charge in [-0.05, 0) is 134 Å². The highest BCUT2D eigenvalue weighted by molar-refractivity contribution is 5.40. The van der Waals surface area contributed by atoms with Crippen molar-refractivity contribution in [2.24, 2.45) is 40.9 Å². The third-order valence-corrected chi connectivity index (χ3v) is 12.5. The van der Waals surface area contributed by atoms with Crippen LogP contribution >= 0.6 is 0 Å². The number of hydrogen-bond acceptors (Lipinski definition) is 9. The Balaban J connectivity index is 0.00000111. The quantitative estimate of drug-likeness (QED) is 0.0702. The van der Waals surface area contributed by atoms with Crippen LogP contribution in [-0.2, 0) is 44.3 Å². The molecule has 1 aromatic carbocycles. The zero-order valence-electron chi connectivity index (χ0n) is 39.8. The minimum atomic E-state index is 0. The van der Waals surface area contributed by atoms with Gasteiger partial charge in [-0.2, -0.15) is 0 Å². The molecule has 0 bridgehead atoms. The van der Waals surface area contributed by atoms with Crippen LogP contribution < -0.4 is 4.74 Å². The number of aryl methyl sites for hydroxylation is 1. The van der Waals surface area contributed by atoms with E-state index < -0.39 is 0 Å². The SMILES string of the molecule is C.C.CC(C)CCOCCOCCOCCOc1ccc2c(c1)CC[C@@H]1[C@@H]2CC[C@]2(C)[C@@H](C)CC[C@@H]12.CCCOCCOCCC(C)C.COCCOCCOCCC(C)C. The maximum atomic E-state index is 6.01. The summed E-state index contributed by atoms with van der Waals surface area (Å²) in [7, 11) is 1.67. The second-order valence-corrected chi connectivity index (χ2v) is 18.5. The van der Waals surface area contributed by atoms with Crippen molar-refractivity contribution in [1.82, 2.24) is 0 Å². The van der Waals surface area contributed by atoms with Gasteiger partial charge in [-0.15, -0.1) is 0 Å². The highest BCUT2D eigenvalue weighted by Crippen LogP contribution is 2.62. The number of fused-ring (bicyclic) bond motifs is 5. The topological polar surface area (TPSA) is 83.1 Å². The second kappa shape index (κ2) is 37.0. The molecule has 0 spiro atoms. The molecule has 0 aliphatic heterocycles. The summed E-state index contributed by atoms with van der Waals surface area (Å²) >= 11 is 0. The van der Waals surface area contributed by atoms with E-state index in [1.165, 1.54) is 44.1 Å². The van der Waals surface area contributed by atoms with Gasteiger partial charge >= 0.3 is 0 Å². The lowest BCUT2D eigenvalue weighted by atomic mass is 9.54. The normalized spacial score (nSPS) is 21.3. The van der Waals surface area contributed by atoms with Crippen molar-refractivity contribution in [3.05, 3.63) is 29.3 Å². The molecule has 9 heteroatoms. The van der Waals surface area contributed by atoms with Crippen LogP contribution in [0, 0.1) is 40.9 Å². The van der Waals surface area contributed by atoms with Crippen molar-refractivity contribution in [3.63, 3.8) is 0 Å². The molecule has 2 fully saturated rings. The molecule has 0 radical (unpaired) electrons. The monoisotopic (exact) mass is 869 g/mol. The Bertz CT molecular complexity index is 1130. The van der Waals surface area contributed by atoms with Crippen LogP contribution in [0.4, 0.5) is 0 Å². The predicted octanol–water partition coefficient (Wildman–Crippen LogP) is 12.1. The van der Waals surface area contributed by atoms with Crippen molar-refractivity contribution in [2.75, 3.05) is 113 Å². The van der Waals surface area contributed by atoms with Gasteiger partial charge in [-0.25, -0.2) is 0 Å². The maximum absolute atomic E-state index is 6.01. The van der Waals surface area contributed by atoms with Crippen molar-refractivity contribution in [3.8, 4) is 5.75 Å². The predicted molar refractivity (Wildman–Crippen MR) is 255 cm³/mol. The largest absolute Gasteiger partial charge is 0.491 e. The molecule has 362 valence electrons. The van der Waals surface area contributed by atoms with Crippen LogP contribution in [0.5, 0.6) is 5.75 Å². The van der Waals surface area contributed by atoms with Gasteiger partial charge in [0, 0.05) is 33.5 Å². The average Bonchev–Trinajstić information content (AvgIpc) is 3.52. The van der Waals surface area contributed by atoms with Gasteiger partial charge in [0.2, 0.25) is 0 Å². The van der Waals surface area contributed by atoms with E-state index in [2.05, 4.69) is 80.5 Å². The van der Waals surface area contributed by atoms with Crippen molar-refractivity contribution in [2.45, 2.75) is 147 Å². The number of ether oxygens (including phenoxy) is 9.